The summed E-state index contributed by atoms with van der Waals surface area (Å²) in [5.41, 5.74) is 3.21. The van der Waals surface area contributed by atoms with E-state index in [2.05, 4.69) is 35.6 Å². The topological polar surface area (TPSA) is 105 Å². The highest BCUT2D eigenvalue weighted by Gasteiger charge is 2.49. The number of carboxylic acids is 1. The first-order valence-electron chi connectivity index (χ1n) is 15.1. The van der Waals surface area contributed by atoms with Gasteiger partial charge in [-0.2, -0.15) is 0 Å². The molecule has 2 atom stereocenters. The Morgan fingerprint density at radius 3 is 2.12 bits per heavy atom. The summed E-state index contributed by atoms with van der Waals surface area (Å²) in [7, 11) is 0. The number of alkyl carbamates (subject to hydrolysis) is 1. The van der Waals surface area contributed by atoms with Crippen LogP contribution in [0.25, 0.3) is 11.1 Å². The van der Waals surface area contributed by atoms with Gasteiger partial charge in [-0.1, -0.05) is 48.5 Å². The highest BCUT2D eigenvalue weighted by atomic mass is 16.6. The van der Waals surface area contributed by atoms with Crippen molar-refractivity contribution in [3.8, 4) is 11.1 Å². The summed E-state index contributed by atoms with van der Waals surface area (Å²) >= 11 is 0. The van der Waals surface area contributed by atoms with Crippen molar-refractivity contribution >= 4 is 18.2 Å². The zero-order valence-corrected chi connectivity index (χ0v) is 25.8. The van der Waals surface area contributed by atoms with Gasteiger partial charge in [0.15, 0.2) is 0 Å². The fraction of sp³-hybridized carbons (Fsp3) is 0.559. The van der Waals surface area contributed by atoms with Gasteiger partial charge < -0.3 is 24.8 Å². The van der Waals surface area contributed by atoms with E-state index < -0.39 is 23.3 Å². The molecule has 0 aromatic heterocycles. The molecule has 2 aromatic rings. The van der Waals surface area contributed by atoms with Crippen molar-refractivity contribution in [2.24, 2.45) is 0 Å². The van der Waals surface area contributed by atoms with Crippen LogP contribution in [0.5, 0.6) is 0 Å². The Balaban J connectivity index is 1.42. The van der Waals surface area contributed by atoms with Gasteiger partial charge in [0.1, 0.15) is 11.2 Å². The number of nitrogens with one attached hydrogen (secondary N) is 1. The third-order valence-electron chi connectivity index (χ3n) is 7.76. The summed E-state index contributed by atoms with van der Waals surface area (Å²) in [4.78, 5) is 38.7. The van der Waals surface area contributed by atoms with Crippen LogP contribution in [0, 0.1) is 0 Å². The van der Waals surface area contributed by atoms with Gasteiger partial charge in [-0.25, -0.2) is 9.59 Å². The van der Waals surface area contributed by atoms with E-state index in [9.17, 15) is 14.4 Å². The van der Waals surface area contributed by atoms with Crippen LogP contribution in [0.4, 0.5) is 9.59 Å². The highest BCUT2D eigenvalue weighted by molar-refractivity contribution is 5.71. The Kier molecular flexibility index (Phi) is 9.53. The molecule has 8 nitrogen and oxygen atoms in total. The number of carbonyl (C=O) groups excluding carboxylic acids is 2. The minimum Gasteiger partial charge on any atom is -0.481 e. The maximum atomic E-state index is 13.5. The van der Waals surface area contributed by atoms with Gasteiger partial charge in [-0.3, -0.25) is 4.79 Å². The van der Waals surface area contributed by atoms with Gasteiger partial charge in [0.25, 0.3) is 0 Å². The molecule has 0 saturated heterocycles. The minimum atomic E-state index is -0.797. The molecule has 2 N–H and O–H groups in total. The third-order valence-corrected chi connectivity index (χ3v) is 7.76. The molecular formula is C34H46N2O6. The first-order chi connectivity index (χ1) is 19.7. The Morgan fingerprint density at radius 2 is 1.52 bits per heavy atom. The Morgan fingerprint density at radius 1 is 0.881 bits per heavy atom. The van der Waals surface area contributed by atoms with E-state index >= 15 is 0 Å². The largest absolute Gasteiger partial charge is 0.481 e. The SMILES string of the molecule is CC(C)(C)OC(=O)NC1CCC(N(C(=O)OC(C)(C)C)C2CC2c2ccc(-c3cccc(CCC(=O)O)c3)cc2)CC1. The number of aliphatic carboxylic acids is 1. The van der Waals surface area contributed by atoms with Crippen molar-refractivity contribution < 1.29 is 29.0 Å². The molecule has 0 heterocycles. The van der Waals surface area contributed by atoms with E-state index in [1.807, 2.05) is 64.6 Å². The predicted molar refractivity (Wildman–Crippen MR) is 162 cm³/mol. The average Bonchev–Trinajstić information content (AvgIpc) is 3.67. The quantitative estimate of drug-likeness (QED) is 0.341. The third kappa shape index (κ3) is 8.97. The molecule has 2 aliphatic rings. The zero-order chi connectivity index (χ0) is 30.7. The van der Waals surface area contributed by atoms with E-state index in [1.165, 1.54) is 5.56 Å². The van der Waals surface area contributed by atoms with Crippen LogP contribution in [0.1, 0.15) is 97.1 Å². The minimum absolute atomic E-state index is 0.0294. The molecule has 4 rings (SSSR count). The number of hydrogen-bond donors (Lipinski definition) is 2. The molecule has 0 bridgehead atoms. The van der Waals surface area contributed by atoms with Crippen LogP contribution in [0.2, 0.25) is 0 Å². The monoisotopic (exact) mass is 578 g/mol. The normalized spacial score (nSPS) is 22.1. The van der Waals surface area contributed by atoms with Crippen LogP contribution in [-0.4, -0.2) is 57.5 Å². The summed E-state index contributed by atoms with van der Waals surface area (Å²) < 4.78 is 11.3. The van der Waals surface area contributed by atoms with Gasteiger partial charge in [-0.05, 0) is 102 Å². The zero-order valence-electron chi connectivity index (χ0n) is 25.8. The standard InChI is InChI=1S/C34H46N2O6/c1-33(2,3)41-31(39)35-26-15-17-27(18-16-26)36(32(40)42-34(4,5)6)29-21-28(29)24-13-11-23(12-14-24)25-9-7-8-22(20-25)10-19-30(37)38/h7-9,11-14,20,26-29H,10,15-19,21H2,1-6H3,(H,35,39)(H,37,38). The fourth-order valence-corrected chi connectivity index (χ4v) is 5.77. The average molecular weight is 579 g/mol. The van der Waals surface area contributed by atoms with Crippen LogP contribution >= 0.6 is 0 Å². The Bertz CT molecular complexity index is 1250. The number of aryl methyl sites for hydroxylation is 1. The van der Waals surface area contributed by atoms with Gasteiger partial charge in [0, 0.05) is 30.5 Å². The summed E-state index contributed by atoms with van der Waals surface area (Å²) in [5.74, 6) is -0.555. The molecular weight excluding hydrogens is 532 g/mol. The maximum Gasteiger partial charge on any atom is 0.410 e. The second-order valence-corrected chi connectivity index (χ2v) is 13.7. The van der Waals surface area contributed by atoms with Crippen molar-refractivity contribution in [1.82, 2.24) is 10.2 Å². The highest BCUT2D eigenvalue weighted by Crippen LogP contribution is 2.47. The molecule has 42 heavy (non-hydrogen) atoms. The molecule has 0 radical (unpaired) electrons. The molecule has 2 aromatic carbocycles. The molecule has 8 heteroatoms. The van der Waals surface area contributed by atoms with E-state index in [4.69, 9.17) is 14.6 Å². The molecule has 2 aliphatic carbocycles. The summed E-state index contributed by atoms with van der Waals surface area (Å²) in [5, 5.41) is 12.0. The van der Waals surface area contributed by atoms with Crippen molar-refractivity contribution in [2.75, 3.05) is 0 Å². The first-order valence-corrected chi connectivity index (χ1v) is 15.1. The van der Waals surface area contributed by atoms with Crippen molar-refractivity contribution in [2.45, 2.75) is 122 Å². The summed E-state index contributed by atoms with van der Waals surface area (Å²) in [6, 6.07) is 16.7. The number of nitrogens with zero attached hydrogens (tertiary/aromatic N) is 1. The lowest BCUT2D eigenvalue weighted by atomic mass is 9.90. The Hall–Kier alpha value is -3.55. The van der Waals surface area contributed by atoms with E-state index in [0.717, 1.165) is 48.8 Å². The predicted octanol–water partition coefficient (Wildman–Crippen LogP) is 7.30. The molecule has 2 saturated carbocycles. The number of hydrogen-bond acceptors (Lipinski definition) is 5. The van der Waals surface area contributed by atoms with Gasteiger partial charge in [0.2, 0.25) is 0 Å². The number of carbonyl (C=O) groups is 3. The second-order valence-electron chi connectivity index (χ2n) is 13.7. The van der Waals surface area contributed by atoms with Gasteiger partial charge >= 0.3 is 18.2 Å². The van der Waals surface area contributed by atoms with Crippen LogP contribution in [0.15, 0.2) is 48.5 Å². The van der Waals surface area contributed by atoms with Crippen LogP contribution < -0.4 is 5.32 Å². The number of benzene rings is 2. The molecule has 2 fully saturated rings. The smallest absolute Gasteiger partial charge is 0.410 e. The molecule has 2 amide bonds. The van der Waals surface area contributed by atoms with Crippen LogP contribution in [0.3, 0.4) is 0 Å². The summed E-state index contributed by atoms with van der Waals surface area (Å²) in [6.07, 6.45) is 3.98. The summed E-state index contributed by atoms with van der Waals surface area (Å²) in [6.45, 7) is 11.2. The second kappa shape index (κ2) is 12.8. The lowest BCUT2D eigenvalue weighted by molar-refractivity contribution is -0.136. The van der Waals surface area contributed by atoms with Crippen molar-refractivity contribution in [3.63, 3.8) is 0 Å². The van der Waals surface area contributed by atoms with Crippen molar-refractivity contribution in [3.05, 3.63) is 59.7 Å². The number of rotatable bonds is 8. The van der Waals surface area contributed by atoms with E-state index in [1.54, 1.807) is 0 Å². The van der Waals surface area contributed by atoms with E-state index in [-0.39, 0.29) is 36.6 Å². The maximum absolute atomic E-state index is 13.5. The molecule has 2 unspecified atom stereocenters. The molecule has 0 spiro atoms. The molecule has 0 aliphatic heterocycles. The molecule has 228 valence electrons. The van der Waals surface area contributed by atoms with Gasteiger partial charge in [-0.15, -0.1) is 0 Å². The van der Waals surface area contributed by atoms with Crippen LogP contribution in [-0.2, 0) is 20.7 Å². The lowest BCUT2D eigenvalue weighted by Gasteiger charge is -2.38. The van der Waals surface area contributed by atoms with Crippen molar-refractivity contribution in [1.29, 1.82) is 0 Å². The first kappa shape index (κ1) is 31.4. The number of amides is 2. The number of carboxylic acid groups (broad SMARTS) is 1. The number of ether oxygens (including phenoxy) is 2. The van der Waals surface area contributed by atoms with E-state index in [0.29, 0.717) is 6.42 Å². The lowest BCUT2D eigenvalue weighted by Crippen LogP contribution is -2.49. The van der Waals surface area contributed by atoms with Gasteiger partial charge in [0.05, 0.1) is 0 Å². The fourth-order valence-electron chi connectivity index (χ4n) is 5.77. The Labute approximate surface area is 249 Å².